The van der Waals surface area contributed by atoms with E-state index in [1.54, 1.807) is 25.3 Å². The van der Waals surface area contributed by atoms with Crippen molar-refractivity contribution in [2.45, 2.75) is 11.7 Å². The number of carbonyl (C=O) groups is 1. The maximum atomic E-state index is 13.2. The summed E-state index contributed by atoms with van der Waals surface area (Å²) < 4.78 is 20.3. The van der Waals surface area contributed by atoms with Crippen molar-refractivity contribution in [2.75, 3.05) is 13.4 Å². The molecule has 144 valence electrons. The molecule has 0 saturated heterocycles. The van der Waals surface area contributed by atoms with E-state index in [2.05, 4.69) is 15.5 Å². The normalized spacial score (nSPS) is 11.0. The van der Waals surface area contributed by atoms with Gasteiger partial charge < -0.3 is 10.1 Å². The first-order chi connectivity index (χ1) is 13.6. The van der Waals surface area contributed by atoms with Crippen LogP contribution < -0.4 is 10.1 Å². The molecule has 0 aliphatic carbocycles. The van der Waals surface area contributed by atoms with E-state index >= 15 is 0 Å². The molecule has 3 aromatic rings. The van der Waals surface area contributed by atoms with E-state index in [4.69, 9.17) is 4.74 Å². The monoisotopic (exact) mass is 398 g/mol. The summed E-state index contributed by atoms with van der Waals surface area (Å²) in [5.74, 6) is 0.695. The number of halogens is 1. The topological polar surface area (TPSA) is 69.0 Å². The van der Waals surface area contributed by atoms with Gasteiger partial charge in [-0.15, -0.1) is 10.2 Å². The summed E-state index contributed by atoms with van der Waals surface area (Å²) >= 11 is 1.46. The van der Waals surface area contributed by atoms with Gasteiger partial charge in [0.05, 0.1) is 13.7 Å². The molecule has 8 heteroatoms. The van der Waals surface area contributed by atoms with E-state index in [9.17, 15) is 9.18 Å². The van der Waals surface area contributed by atoms with Crippen LogP contribution in [-0.2, 0) is 11.3 Å². The Bertz CT molecular complexity index is 986. The van der Waals surface area contributed by atoms with Crippen LogP contribution >= 0.6 is 11.8 Å². The smallest absolute Gasteiger partial charge is 0.244 e. The maximum absolute atomic E-state index is 13.2. The number of hydrogen-bond donors (Lipinski definition) is 1. The van der Waals surface area contributed by atoms with Crippen molar-refractivity contribution in [1.29, 1.82) is 0 Å². The highest BCUT2D eigenvalue weighted by molar-refractivity contribution is 7.98. The number of aromatic nitrogens is 3. The number of thioether (sulfide) groups is 1. The van der Waals surface area contributed by atoms with Crippen molar-refractivity contribution in [2.24, 2.45) is 0 Å². The molecule has 0 radical (unpaired) electrons. The number of nitrogens with one attached hydrogen (secondary N) is 1. The molecule has 6 nitrogen and oxygen atoms in total. The maximum Gasteiger partial charge on any atom is 0.244 e. The number of carbonyl (C=O) groups excluding carboxylic acids is 1. The van der Waals surface area contributed by atoms with Gasteiger partial charge in [-0.25, -0.2) is 4.39 Å². The Kier molecular flexibility index (Phi) is 6.44. The van der Waals surface area contributed by atoms with Crippen LogP contribution in [0.25, 0.3) is 11.8 Å². The fraction of sp³-hybridized carbons (Fsp3) is 0.150. The highest BCUT2D eigenvalue weighted by Gasteiger charge is 2.13. The molecule has 0 aliphatic rings. The lowest BCUT2D eigenvalue weighted by molar-refractivity contribution is -0.116. The second-order valence-corrected chi connectivity index (χ2v) is 6.52. The first-order valence-corrected chi connectivity index (χ1v) is 9.67. The Labute approximate surface area is 166 Å². The van der Waals surface area contributed by atoms with Crippen LogP contribution in [0.5, 0.6) is 5.75 Å². The zero-order valence-electron chi connectivity index (χ0n) is 15.4. The molecule has 1 amide bonds. The summed E-state index contributed by atoms with van der Waals surface area (Å²) in [4.78, 5) is 12.1. The van der Waals surface area contributed by atoms with Crippen LogP contribution in [0.1, 0.15) is 11.4 Å². The summed E-state index contributed by atoms with van der Waals surface area (Å²) in [7, 11) is 1.61. The molecule has 1 heterocycles. The van der Waals surface area contributed by atoms with Crippen LogP contribution in [0.3, 0.4) is 0 Å². The molecular formula is C20H19FN4O2S. The number of ether oxygens (including phenoxy) is 1. The van der Waals surface area contributed by atoms with E-state index in [-0.39, 0.29) is 18.3 Å². The number of benzene rings is 2. The van der Waals surface area contributed by atoms with E-state index in [1.165, 1.54) is 30.0 Å². The molecular weight excluding hydrogens is 379 g/mol. The standard InChI is InChI=1S/C20H19FN4O2S/c1-27-17-9-7-16(8-10-17)25-18(23-24-20(25)28-2)13-22-19(26)11-6-14-4-3-5-15(21)12-14/h3-12H,13H2,1-2H3,(H,22,26). The lowest BCUT2D eigenvalue weighted by Gasteiger charge is -2.10. The second-order valence-electron chi connectivity index (χ2n) is 5.74. The number of hydrogen-bond acceptors (Lipinski definition) is 5. The van der Waals surface area contributed by atoms with Crippen molar-refractivity contribution in [1.82, 2.24) is 20.1 Å². The molecule has 1 N–H and O–H groups in total. The number of rotatable bonds is 7. The van der Waals surface area contributed by atoms with Crippen LogP contribution in [0.2, 0.25) is 0 Å². The minimum Gasteiger partial charge on any atom is -0.497 e. The number of nitrogens with zero attached hydrogens (tertiary/aromatic N) is 3. The molecule has 0 atom stereocenters. The largest absolute Gasteiger partial charge is 0.497 e. The Hall–Kier alpha value is -3.13. The Morgan fingerprint density at radius 1 is 1.25 bits per heavy atom. The predicted molar refractivity (Wildman–Crippen MR) is 107 cm³/mol. The fourth-order valence-electron chi connectivity index (χ4n) is 2.54. The minimum atomic E-state index is -0.347. The average molecular weight is 398 g/mol. The summed E-state index contributed by atoms with van der Waals surface area (Å²) in [5.41, 5.74) is 1.48. The van der Waals surface area contributed by atoms with Gasteiger partial charge in [0.25, 0.3) is 0 Å². The van der Waals surface area contributed by atoms with Gasteiger partial charge in [-0.1, -0.05) is 23.9 Å². The van der Waals surface area contributed by atoms with Gasteiger partial charge >= 0.3 is 0 Å². The number of amides is 1. The summed E-state index contributed by atoms with van der Waals surface area (Å²) in [6.45, 7) is 0.200. The van der Waals surface area contributed by atoms with Crippen molar-refractivity contribution >= 4 is 23.7 Å². The molecule has 1 aromatic heterocycles. The fourth-order valence-corrected chi connectivity index (χ4v) is 3.06. The molecule has 0 spiro atoms. The number of methoxy groups -OCH3 is 1. The zero-order chi connectivity index (χ0) is 19.9. The van der Waals surface area contributed by atoms with Crippen LogP contribution in [0, 0.1) is 5.82 Å². The first-order valence-electron chi connectivity index (χ1n) is 8.45. The van der Waals surface area contributed by atoms with E-state index in [0.717, 1.165) is 11.4 Å². The third-order valence-corrected chi connectivity index (χ3v) is 4.54. The van der Waals surface area contributed by atoms with Crippen LogP contribution in [0.4, 0.5) is 4.39 Å². The third-order valence-electron chi connectivity index (χ3n) is 3.91. The highest BCUT2D eigenvalue weighted by atomic mass is 32.2. The molecule has 0 bridgehead atoms. The summed E-state index contributed by atoms with van der Waals surface area (Å²) in [6.07, 6.45) is 4.83. The van der Waals surface area contributed by atoms with Crippen molar-refractivity contribution < 1.29 is 13.9 Å². The SMILES string of the molecule is COc1ccc(-n2c(CNC(=O)C=Cc3cccc(F)c3)nnc2SC)cc1. The molecule has 3 rings (SSSR count). The molecule has 2 aromatic carbocycles. The molecule has 0 aliphatic heterocycles. The van der Waals surface area contributed by atoms with Gasteiger partial charge in [-0.05, 0) is 54.3 Å². The first kappa shape index (κ1) is 19.6. The van der Waals surface area contributed by atoms with Gasteiger partial charge in [-0.2, -0.15) is 0 Å². The highest BCUT2D eigenvalue weighted by Crippen LogP contribution is 2.22. The summed E-state index contributed by atoms with van der Waals surface area (Å²) in [5, 5.41) is 11.8. The van der Waals surface area contributed by atoms with Crippen molar-refractivity contribution in [3.63, 3.8) is 0 Å². The lowest BCUT2D eigenvalue weighted by Crippen LogP contribution is -2.22. The van der Waals surface area contributed by atoms with Gasteiger partial charge in [0, 0.05) is 11.8 Å². The van der Waals surface area contributed by atoms with Crippen molar-refractivity contribution in [3.05, 3.63) is 71.8 Å². The van der Waals surface area contributed by atoms with Crippen LogP contribution in [-0.4, -0.2) is 34.0 Å². The van der Waals surface area contributed by atoms with Gasteiger partial charge in [-0.3, -0.25) is 9.36 Å². The molecule has 0 fully saturated rings. The van der Waals surface area contributed by atoms with Gasteiger partial charge in [0.1, 0.15) is 11.6 Å². The molecule has 28 heavy (non-hydrogen) atoms. The molecule has 0 unspecified atom stereocenters. The van der Waals surface area contributed by atoms with Gasteiger partial charge in [0.15, 0.2) is 11.0 Å². The zero-order valence-corrected chi connectivity index (χ0v) is 16.2. The quantitative estimate of drug-likeness (QED) is 0.488. The lowest BCUT2D eigenvalue weighted by atomic mass is 10.2. The summed E-state index contributed by atoms with van der Waals surface area (Å²) in [6, 6.07) is 13.5. The van der Waals surface area contributed by atoms with E-state index in [0.29, 0.717) is 16.5 Å². The van der Waals surface area contributed by atoms with E-state index in [1.807, 2.05) is 35.1 Å². The average Bonchev–Trinajstić information content (AvgIpc) is 3.14. The Morgan fingerprint density at radius 3 is 2.71 bits per heavy atom. The van der Waals surface area contributed by atoms with Gasteiger partial charge in [0.2, 0.25) is 5.91 Å². The third kappa shape index (κ3) is 4.77. The van der Waals surface area contributed by atoms with Crippen molar-refractivity contribution in [3.8, 4) is 11.4 Å². The minimum absolute atomic E-state index is 0.200. The molecule has 0 saturated carbocycles. The van der Waals surface area contributed by atoms with E-state index < -0.39 is 0 Å². The Balaban J connectivity index is 1.72. The second kappa shape index (κ2) is 9.18. The Morgan fingerprint density at radius 2 is 2.04 bits per heavy atom. The van der Waals surface area contributed by atoms with Crippen LogP contribution in [0.15, 0.2) is 59.8 Å². The predicted octanol–water partition coefficient (Wildman–Crippen LogP) is 3.47.